The monoisotopic (exact) mass is 652 g/mol. The fourth-order valence-corrected chi connectivity index (χ4v) is 7.38. The Morgan fingerprint density at radius 2 is 0.784 bits per heavy atom. The van der Waals surface area contributed by atoms with Gasteiger partial charge in [-0.25, -0.2) is 0 Å². The fraction of sp³-hybridized carbons (Fsp3) is 0.0204. The van der Waals surface area contributed by atoms with E-state index in [0.29, 0.717) is 0 Å². The quantitative estimate of drug-likeness (QED) is 0.158. The van der Waals surface area contributed by atoms with E-state index in [1.807, 2.05) is 0 Å². The molecule has 0 N–H and O–H groups in total. The van der Waals surface area contributed by atoms with Crippen LogP contribution < -0.4 is 9.80 Å². The minimum Gasteiger partial charge on any atom is -0.344 e. The standard InChI is InChI=1S/C49H36N2/c1-50(49-47-20-9-7-16-41(47)32-42-17-8-10-21-48(42)49)43-27-22-37(23-28-43)38-24-29-44(30-25-38)51(46-31-26-36-14-5-6-15-39(36)34-46)45-19-11-18-40(33-45)35-12-3-2-4-13-35/h2-34H,1H3. The van der Waals surface area contributed by atoms with Gasteiger partial charge in [-0.1, -0.05) is 146 Å². The van der Waals surface area contributed by atoms with Gasteiger partial charge < -0.3 is 9.80 Å². The molecule has 9 aromatic carbocycles. The summed E-state index contributed by atoms with van der Waals surface area (Å²) in [6.45, 7) is 0. The van der Waals surface area contributed by atoms with Crippen LogP contribution in [-0.2, 0) is 0 Å². The molecule has 0 bridgehead atoms. The molecule has 0 spiro atoms. The summed E-state index contributed by atoms with van der Waals surface area (Å²) in [5.41, 5.74) is 10.5. The number of benzene rings is 9. The second-order valence-corrected chi connectivity index (χ2v) is 13.1. The highest BCUT2D eigenvalue weighted by Crippen LogP contribution is 2.41. The van der Waals surface area contributed by atoms with Crippen molar-refractivity contribution in [3.05, 3.63) is 200 Å². The van der Waals surface area contributed by atoms with Gasteiger partial charge in [0.1, 0.15) is 0 Å². The highest BCUT2D eigenvalue weighted by molar-refractivity contribution is 6.12. The molecule has 0 aliphatic rings. The highest BCUT2D eigenvalue weighted by atomic mass is 15.1. The molecule has 0 saturated heterocycles. The normalized spacial score (nSPS) is 11.2. The van der Waals surface area contributed by atoms with Gasteiger partial charge >= 0.3 is 0 Å². The first-order valence-corrected chi connectivity index (χ1v) is 17.5. The van der Waals surface area contributed by atoms with E-state index in [1.165, 1.54) is 60.3 Å². The Kier molecular flexibility index (Phi) is 7.75. The van der Waals surface area contributed by atoms with Crippen LogP contribution in [0.25, 0.3) is 54.6 Å². The number of hydrogen-bond donors (Lipinski definition) is 0. The summed E-state index contributed by atoms with van der Waals surface area (Å²) in [5, 5.41) is 7.46. The molecule has 0 aromatic heterocycles. The molecule has 0 unspecified atom stereocenters. The number of anilines is 5. The van der Waals surface area contributed by atoms with Crippen molar-refractivity contribution in [1.29, 1.82) is 0 Å². The summed E-state index contributed by atoms with van der Waals surface area (Å²) in [6, 6.07) is 72.2. The predicted octanol–water partition coefficient (Wildman–Crippen LogP) is 13.7. The highest BCUT2D eigenvalue weighted by Gasteiger charge is 2.16. The van der Waals surface area contributed by atoms with Crippen LogP contribution in [0.1, 0.15) is 0 Å². The zero-order valence-corrected chi connectivity index (χ0v) is 28.4. The van der Waals surface area contributed by atoms with Crippen LogP contribution in [0.15, 0.2) is 200 Å². The third kappa shape index (κ3) is 5.77. The van der Waals surface area contributed by atoms with E-state index >= 15 is 0 Å². The lowest BCUT2D eigenvalue weighted by atomic mass is 9.99. The number of hydrogen-bond acceptors (Lipinski definition) is 2. The van der Waals surface area contributed by atoms with Gasteiger partial charge in [-0.2, -0.15) is 0 Å². The van der Waals surface area contributed by atoms with Gasteiger partial charge in [0.2, 0.25) is 0 Å². The summed E-state index contributed by atoms with van der Waals surface area (Å²) in [6.07, 6.45) is 0. The molecule has 2 nitrogen and oxygen atoms in total. The van der Waals surface area contributed by atoms with Crippen LogP contribution in [-0.4, -0.2) is 7.05 Å². The molecule has 0 heterocycles. The van der Waals surface area contributed by atoms with E-state index < -0.39 is 0 Å². The van der Waals surface area contributed by atoms with Gasteiger partial charge in [0.05, 0.1) is 5.69 Å². The Morgan fingerprint density at radius 3 is 1.45 bits per heavy atom. The SMILES string of the molecule is CN(c1ccc(-c2ccc(N(c3cccc(-c4ccccc4)c3)c3ccc4ccccc4c3)cc2)cc1)c1c2ccccc2cc2ccccc12. The Hall–Kier alpha value is -6.64. The molecule has 0 atom stereocenters. The molecular formula is C49H36N2. The topological polar surface area (TPSA) is 6.48 Å². The average molecular weight is 653 g/mol. The van der Waals surface area contributed by atoms with E-state index in [1.54, 1.807) is 0 Å². The predicted molar refractivity (Wildman–Crippen MR) is 219 cm³/mol. The average Bonchev–Trinajstić information content (AvgIpc) is 3.20. The van der Waals surface area contributed by atoms with Gasteiger partial charge in [0.15, 0.2) is 0 Å². The molecule has 0 saturated carbocycles. The lowest BCUT2D eigenvalue weighted by molar-refractivity contribution is 1.23. The molecule has 51 heavy (non-hydrogen) atoms. The van der Waals surface area contributed by atoms with E-state index in [9.17, 15) is 0 Å². The van der Waals surface area contributed by atoms with E-state index in [2.05, 4.69) is 217 Å². The Bertz CT molecular complexity index is 2590. The van der Waals surface area contributed by atoms with Gasteiger partial charge in [-0.15, -0.1) is 0 Å². The Morgan fingerprint density at radius 1 is 0.294 bits per heavy atom. The van der Waals surface area contributed by atoms with Crippen LogP contribution in [0.4, 0.5) is 28.4 Å². The first-order chi connectivity index (χ1) is 25.2. The Labute approximate surface area is 299 Å². The van der Waals surface area contributed by atoms with Crippen molar-refractivity contribution in [1.82, 2.24) is 0 Å². The minimum atomic E-state index is 1.11. The zero-order valence-electron chi connectivity index (χ0n) is 28.4. The first kappa shape index (κ1) is 30.4. The van der Waals surface area contributed by atoms with Crippen molar-refractivity contribution < 1.29 is 0 Å². The molecule has 0 radical (unpaired) electrons. The second-order valence-electron chi connectivity index (χ2n) is 13.1. The maximum atomic E-state index is 2.36. The summed E-state index contributed by atoms with van der Waals surface area (Å²) in [7, 11) is 2.17. The molecule has 242 valence electrons. The zero-order chi connectivity index (χ0) is 34.1. The molecule has 9 rings (SSSR count). The molecular weight excluding hydrogens is 617 g/mol. The van der Waals surface area contributed by atoms with Gasteiger partial charge in [-0.3, -0.25) is 0 Å². The first-order valence-electron chi connectivity index (χ1n) is 17.5. The van der Waals surface area contributed by atoms with Crippen LogP contribution in [0, 0.1) is 0 Å². The molecule has 9 aromatic rings. The van der Waals surface area contributed by atoms with E-state index in [4.69, 9.17) is 0 Å². The van der Waals surface area contributed by atoms with Crippen molar-refractivity contribution in [3.63, 3.8) is 0 Å². The van der Waals surface area contributed by atoms with Crippen molar-refractivity contribution in [2.75, 3.05) is 16.8 Å². The van der Waals surface area contributed by atoms with Crippen LogP contribution in [0.2, 0.25) is 0 Å². The summed E-state index contributed by atoms with van der Waals surface area (Å²) >= 11 is 0. The van der Waals surface area contributed by atoms with Crippen molar-refractivity contribution in [2.45, 2.75) is 0 Å². The lowest BCUT2D eigenvalue weighted by Gasteiger charge is -2.26. The van der Waals surface area contributed by atoms with Gasteiger partial charge in [0.25, 0.3) is 0 Å². The second kappa shape index (κ2) is 13.0. The minimum absolute atomic E-state index is 1.11. The molecule has 2 heteroatoms. The Balaban J connectivity index is 1.06. The van der Waals surface area contributed by atoms with Crippen LogP contribution in [0.3, 0.4) is 0 Å². The third-order valence-corrected chi connectivity index (χ3v) is 9.99. The van der Waals surface area contributed by atoms with Crippen molar-refractivity contribution in [2.24, 2.45) is 0 Å². The largest absolute Gasteiger partial charge is 0.344 e. The summed E-state index contributed by atoms with van der Waals surface area (Å²) < 4.78 is 0. The summed E-state index contributed by atoms with van der Waals surface area (Å²) in [4.78, 5) is 4.68. The van der Waals surface area contributed by atoms with E-state index in [-0.39, 0.29) is 0 Å². The number of nitrogens with zero attached hydrogens (tertiary/aromatic N) is 2. The van der Waals surface area contributed by atoms with Crippen molar-refractivity contribution in [3.8, 4) is 22.3 Å². The number of rotatable bonds is 7. The third-order valence-electron chi connectivity index (χ3n) is 9.99. The van der Waals surface area contributed by atoms with Crippen LogP contribution >= 0.6 is 0 Å². The van der Waals surface area contributed by atoms with Crippen LogP contribution in [0.5, 0.6) is 0 Å². The molecule has 0 aliphatic carbocycles. The smallest absolute Gasteiger partial charge is 0.0567 e. The maximum absolute atomic E-state index is 2.36. The fourth-order valence-electron chi connectivity index (χ4n) is 7.38. The maximum Gasteiger partial charge on any atom is 0.0567 e. The summed E-state index contributed by atoms with van der Waals surface area (Å²) in [5.74, 6) is 0. The van der Waals surface area contributed by atoms with Gasteiger partial charge in [0, 0.05) is 40.6 Å². The molecule has 0 fully saturated rings. The van der Waals surface area contributed by atoms with Gasteiger partial charge in [-0.05, 0) is 98.4 Å². The van der Waals surface area contributed by atoms with E-state index in [0.717, 1.165) is 22.7 Å². The lowest BCUT2D eigenvalue weighted by Crippen LogP contribution is -2.10. The molecule has 0 aliphatic heterocycles. The van der Waals surface area contributed by atoms with Crippen molar-refractivity contribution >= 4 is 60.8 Å². The number of fused-ring (bicyclic) bond motifs is 3. The molecule has 0 amide bonds.